The Balaban J connectivity index is 1.39. The maximum absolute atomic E-state index is 14.4. The Labute approximate surface area is 274 Å². The van der Waals surface area contributed by atoms with Gasteiger partial charge >= 0.3 is 12.1 Å². The highest BCUT2D eigenvalue weighted by Crippen LogP contribution is 2.35. The molecule has 252 valence electrons. The third kappa shape index (κ3) is 7.35. The van der Waals surface area contributed by atoms with Crippen LogP contribution in [0.15, 0.2) is 102 Å². The van der Waals surface area contributed by atoms with Crippen LogP contribution in [0, 0.1) is 12.7 Å². The Morgan fingerprint density at radius 3 is 2.38 bits per heavy atom. The van der Waals surface area contributed by atoms with Gasteiger partial charge in [0.2, 0.25) is 10.0 Å². The number of esters is 1. The summed E-state index contributed by atoms with van der Waals surface area (Å²) in [6.07, 6.45) is -3.81. The molecule has 1 aromatic heterocycles. The van der Waals surface area contributed by atoms with Crippen molar-refractivity contribution in [3.63, 3.8) is 0 Å². The first kappa shape index (κ1) is 34.5. The molecule has 4 aromatic carbocycles. The fourth-order valence-electron chi connectivity index (χ4n) is 5.09. The number of rotatable bonds is 12. The highest BCUT2D eigenvalue weighted by molar-refractivity contribution is 7.89. The van der Waals surface area contributed by atoms with Gasteiger partial charge in [0.1, 0.15) is 12.4 Å². The third-order valence-electron chi connectivity index (χ3n) is 7.71. The highest BCUT2D eigenvalue weighted by atomic mass is 32.2. The van der Waals surface area contributed by atoms with Gasteiger partial charge in [-0.2, -0.15) is 22.6 Å². The van der Waals surface area contributed by atoms with Gasteiger partial charge in [-0.05, 0) is 72.6 Å². The zero-order chi connectivity index (χ0) is 34.7. The van der Waals surface area contributed by atoms with E-state index in [0.29, 0.717) is 26.5 Å². The van der Waals surface area contributed by atoms with E-state index in [1.54, 1.807) is 43.3 Å². The number of carbonyl (C=O) groups is 1. The molecule has 1 heterocycles. The molecule has 1 unspecified atom stereocenters. The number of halogens is 4. The normalized spacial score (nSPS) is 13.4. The molecule has 14 heteroatoms. The van der Waals surface area contributed by atoms with E-state index >= 15 is 0 Å². The second-order valence-electron chi connectivity index (χ2n) is 11.2. The average molecular weight is 685 g/mol. The zero-order valence-corrected chi connectivity index (χ0v) is 26.7. The lowest BCUT2D eigenvalue weighted by Crippen LogP contribution is -2.58. The molecule has 0 bridgehead atoms. The molecule has 0 saturated heterocycles. The zero-order valence-electron chi connectivity index (χ0n) is 25.9. The number of aromatic nitrogens is 2. The molecule has 0 aliphatic heterocycles. The van der Waals surface area contributed by atoms with Gasteiger partial charge in [-0.25, -0.2) is 22.3 Å². The second-order valence-corrected chi connectivity index (χ2v) is 13.1. The van der Waals surface area contributed by atoms with E-state index in [4.69, 9.17) is 4.74 Å². The number of nitrogens with one attached hydrogen (secondary N) is 1. The van der Waals surface area contributed by atoms with Crippen LogP contribution in [0.3, 0.4) is 0 Å². The Morgan fingerprint density at radius 1 is 1.00 bits per heavy atom. The number of sulfonamides is 1. The molecular formula is C34H32F4N4O5S. The lowest BCUT2D eigenvalue weighted by atomic mass is 10.0. The van der Waals surface area contributed by atoms with Crippen LogP contribution in [-0.4, -0.2) is 65.0 Å². The summed E-state index contributed by atoms with van der Waals surface area (Å²) in [6, 6.07) is 22.7. The molecule has 0 aliphatic carbocycles. The Morgan fingerprint density at radius 2 is 1.71 bits per heavy atom. The predicted molar refractivity (Wildman–Crippen MR) is 172 cm³/mol. The van der Waals surface area contributed by atoms with Crippen LogP contribution in [0.25, 0.3) is 16.6 Å². The number of anilines is 1. The number of alkyl halides is 3. The van der Waals surface area contributed by atoms with Crippen molar-refractivity contribution >= 4 is 32.6 Å². The van der Waals surface area contributed by atoms with Crippen molar-refractivity contribution in [3.05, 3.63) is 120 Å². The minimum absolute atomic E-state index is 0.0846. The van der Waals surface area contributed by atoms with Gasteiger partial charge in [-0.3, -0.25) is 0 Å². The Kier molecular flexibility index (Phi) is 9.89. The molecule has 1 atom stereocenters. The topological polar surface area (TPSA) is 114 Å². The van der Waals surface area contributed by atoms with Gasteiger partial charge in [0, 0.05) is 17.6 Å². The van der Waals surface area contributed by atoms with E-state index in [1.807, 2.05) is 30.3 Å². The predicted octanol–water partition coefficient (Wildman–Crippen LogP) is 6.25. The van der Waals surface area contributed by atoms with Gasteiger partial charge in [-0.15, -0.1) is 0 Å². The average Bonchev–Trinajstić information content (AvgIpc) is 3.49. The summed E-state index contributed by atoms with van der Waals surface area (Å²) < 4.78 is 90.3. The minimum atomic E-state index is -5.24. The third-order valence-corrected chi connectivity index (χ3v) is 9.65. The summed E-state index contributed by atoms with van der Waals surface area (Å²) >= 11 is 0. The Bertz CT molecular complexity index is 2020. The summed E-state index contributed by atoms with van der Waals surface area (Å²) in [4.78, 5) is 12.4. The van der Waals surface area contributed by atoms with Crippen molar-refractivity contribution in [2.45, 2.75) is 37.1 Å². The van der Waals surface area contributed by atoms with Gasteiger partial charge in [0.05, 0.1) is 40.9 Å². The van der Waals surface area contributed by atoms with Gasteiger partial charge in [0.15, 0.2) is 5.60 Å². The largest absolute Gasteiger partial charge is 0.457 e. The van der Waals surface area contributed by atoms with Crippen molar-refractivity contribution < 1.29 is 40.6 Å². The van der Waals surface area contributed by atoms with Crippen molar-refractivity contribution in [2.75, 3.05) is 25.0 Å². The summed E-state index contributed by atoms with van der Waals surface area (Å²) in [5.74, 6) is -1.26. The fraction of sp³-hybridized carbons (Fsp3) is 0.235. The lowest BCUT2D eigenvalue weighted by Gasteiger charge is -2.35. The van der Waals surface area contributed by atoms with Gasteiger partial charge in [0.25, 0.3) is 0 Å². The number of hydrogen-bond acceptors (Lipinski definition) is 7. The number of fused-ring (bicyclic) bond motifs is 1. The van der Waals surface area contributed by atoms with E-state index in [1.165, 1.54) is 17.8 Å². The summed E-state index contributed by atoms with van der Waals surface area (Å²) in [7, 11) is -4.51. The molecule has 5 rings (SSSR count). The number of benzene rings is 4. The molecular weight excluding hydrogens is 652 g/mol. The SMILES string of the molecule is CCN(CC(O)(CNc1cc(C)cc2c1cnn2-c1cccc(C(=O)OCc2ccccc2)c1)C(F)(F)F)S(=O)(=O)c1ccc(F)cc1. The monoisotopic (exact) mass is 684 g/mol. The molecule has 5 aromatic rings. The van der Waals surface area contributed by atoms with Crippen molar-refractivity contribution in [3.8, 4) is 5.69 Å². The van der Waals surface area contributed by atoms with Crippen molar-refractivity contribution in [1.29, 1.82) is 0 Å². The first-order valence-corrected chi connectivity index (χ1v) is 16.2. The van der Waals surface area contributed by atoms with Crippen LogP contribution in [0.1, 0.15) is 28.4 Å². The van der Waals surface area contributed by atoms with Crippen LogP contribution in [0.4, 0.5) is 23.2 Å². The summed E-state index contributed by atoms with van der Waals surface area (Å²) in [6.45, 7) is 0.338. The number of ether oxygens (including phenoxy) is 1. The maximum atomic E-state index is 14.4. The van der Waals surface area contributed by atoms with Crippen LogP contribution in [0.5, 0.6) is 0 Å². The standard InChI is InChI=1S/C34H32F4N4O5S/c1-3-41(48(45,46)28-14-12-26(35)13-15-28)22-33(44,34(36,37)38)21-39-30-16-23(2)17-31-29(30)19-40-42(31)27-11-7-10-25(18-27)32(43)47-20-24-8-5-4-6-9-24/h4-19,39,44H,3,20-22H2,1-2H3. The van der Waals surface area contributed by atoms with E-state index in [-0.39, 0.29) is 17.9 Å². The van der Waals surface area contributed by atoms with E-state index in [0.717, 1.165) is 29.8 Å². The molecule has 9 nitrogen and oxygen atoms in total. The van der Waals surface area contributed by atoms with E-state index in [9.17, 15) is 35.9 Å². The highest BCUT2D eigenvalue weighted by Gasteiger charge is 2.55. The fourth-order valence-corrected chi connectivity index (χ4v) is 6.59. The van der Waals surface area contributed by atoms with Crippen LogP contribution < -0.4 is 5.32 Å². The second kappa shape index (κ2) is 13.7. The molecule has 0 saturated carbocycles. The lowest BCUT2D eigenvalue weighted by molar-refractivity contribution is -0.255. The summed E-state index contributed by atoms with van der Waals surface area (Å²) in [5, 5.41) is 18.5. The van der Waals surface area contributed by atoms with Crippen molar-refractivity contribution in [2.24, 2.45) is 0 Å². The van der Waals surface area contributed by atoms with Gasteiger partial charge in [-0.1, -0.05) is 43.3 Å². The number of likely N-dealkylation sites (N-methyl/N-ethyl adjacent to an activating group) is 1. The van der Waals surface area contributed by atoms with E-state index in [2.05, 4.69) is 10.4 Å². The molecule has 2 N–H and O–H groups in total. The van der Waals surface area contributed by atoms with Crippen LogP contribution >= 0.6 is 0 Å². The van der Waals surface area contributed by atoms with Gasteiger partial charge < -0.3 is 15.2 Å². The number of carbonyl (C=O) groups excluding carboxylic acids is 1. The minimum Gasteiger partial charge on any atom is -0.457 e. The number of hydrogen-bond donors (Lipinski definition) is 2. The first-order valence-electron chi connectivity index (χ1n) is 14.8. The molecule has 0 amide bonds. The molecule has 0 fully saturated rings. The summed E-state index contributed by atoms with van der Waals surface area (Å²) in [5.41, 5.74) is -0.578. The Hall–Kier alpha value is -4.79. The molecule has 0 radical (unpaired) electrons. The van der Waals surface area contributed by atoms with Crippen LogP contribution in [0.2, 0.25) is 0 Å². The van der Waals surface area contributed by atoms with Crippen LogP contribution in [-0.2, 0) is 21.4 Å². The first-order chi connectivity index (χ1) is 22.7. The van der Waals surface area contributed by atoms with Crippen molar-refractivity contribution in [1.82, 2.24) is 14.1 Å². The molecule has 48 heavy (non-hydrogen) atoms. The number of aryl methyl sites for hydroxylation is 1. The smallest absolute Gasteiger partial charge is 0.420 e. The maximum Gasteiger partial charge on any atom is 0.420 e. The number of nitrogens with zero attached hydrogens (tertiary/aromatic N) is 3. The number of aliphatic hydroxyl groups is 1. The molecule has 0 aliphatic rings. The van der Waals surface area contributed by atoms with E-state index < -0.39 is 58.1 Å². The quantitative estimate of drug-likeness (QED) is 0.118. The molecule has 0 spiro atoms.